The maximum atomic E-state index is 11.1. The predicted molar refractivity (Wildman–Crippen MR) is 84.3 cm³/mol. The first kappa shape index (κ1) is 15.7. The number of primary amides is 1. The van der Waals surface area contributed by atoms with Crippen molar-refractivity contribution in [2.75, 3.05) is 44.2 Å². The monoisotopic (exact) mass is 291 g/mol. The number of pyridine rings is 1. The number of nitrogens with zero attached hydrogens (tertiary/aromatic N) is 3. The Hall–Kier alpha value is -1.66. The molecular formula is C15H25N5O. The summed E-state index contributed by atoms with van der Waals surface area (Å²) in [7, 11) is 0. The van der Waals surface area contributed by atoms with Gasteiger partial charge in [-0.3, -0.25) is 4.79 Å². The van der Waals surface area contributed by atoms with Gasteiger partial charge in [-0.15, -0.1) is 0 Å². The Kier molecular flexibility index (Phi) is 5.95. The van der Waals surface area contributed by atoms with E-state index in [4.69, 9.17) is 11.5 Å². The lowest BCUT2D eigenvalue weighted by atomic mass is 10.2. The number of carbonyl (C=O) groups is 1. The molecule has 1 amide bonds. The van der Waals surface area contributed by atoms with Gasteiger partial charge in [-0.25, -0.2) is 4.98 Å². The van der Waals surface area contributed by atoms with Gasteiger partial charge in [0, 0.05) is 25.8 Å². The van der Waals surface area contributed by atoms with E-state index in [9.17, 15) is 4.79 Å². The van der Waals surface area contributed by atoms with Crippen molar-refractivity contribution < 1.29 is 4.79 Å². The molecule has 1 fully saturated rings. The Morgan fingerprint density at radius 2 is 2.05 bits per heavy atom. The van der Waals surface area contributed by atoms with Crippen molar-refractivity contribution in [2.24, 2.45) is 11.5 Å². The minimum Gasteiger partial charge on any atom is -0.366 e. The Morgan fingerprint density at radius 3 is 2.71 bits per heavy atom. The Balaban J connectivity index is 1.88. The van der Waals surface area contributed by atoms with Crippen LogP contribution >= 0.6 is 0 Å². The highest BCUT2D eigenvalue weighted by Gasteiger charge is 2.15. The second kappa shape index (κ2) is 7.95. The molecule has 1 saturated heterocycles. The lowest BCUT2D eigenvalue weighted by molar-refractivity contribution is 0.1000. The SMILES string of the molecule is NCCCCN1CCCN(c2ccc(C(N)=O)cn2)CC1. The number of amides is 1. The van der Waals surface area contributed by atoms with Gasteiger partial charge in [-0.1, -0.05) is 0 Å². The van der Waals surface area contributed by atoms with Crippen LogP contribution in [0.2, 0.25) is 0 Å². The zero-order valence-corrected chi connectivity index (χ0v) is 12.5. The Morgan fingerprint density at radius 1 is 1.19 bits per heavy atom. The summed E-state index contributed by atoms with van der Waals surface area (Å²) in [5.41, 5.74) is 11.2. The molecule has 0 aromatic carbocycles. The summed E-state index contributed by atoms with van der Waals surface area (Å²) in [6, 6.07) is 3.62. The molecule has 1 aliphatic heterocycles. The smallest absolute Gasteiger partial charge is 0.250 e. The molecule has 0 saturated carbocycles. The van der Waals surface area contributed by atoms with E-state index in [1.807, 2.05) is 6.07 Å². The van der Waals surface area contributed by atoms with Gasteiger partial charge in [0.25, 0.3) is 0 Å². The fraction of sp³-hybridized carbons (Fsp3) is 0.600. The molecule has 0 bridgehead atoms. The van der Waals surface area contributed by atoms with Crippen LogP contribution < -0.4 is 16.4 Å². The number of carbonyl (C=O) groups excluding carboxylic acids is 1. The topological polar surface area (TPSA) is 88.5 Å². The van der Waals surface area contributed by atoms with E-state index in [2.05, 4.69) is 14.8 Å². The van der Waals surface area contributed by atoms with Crippen LogP contribution in [0, 0.1) is 0 Å². The summed E-state index contributed by atoms with van der Waals surface area (Å²) in [6.07, 6.45) is 4.95. The number of nitrogens with two attached hydrogens (primary N) is 2. The zero-order valence-electron chi connectivity index (χ0n) is 12.5. The van der Waals surface area contributed by atoms with Crippen molar-refractivity contribution in [3.05, 3.63) is 23.9 Å². The summed E-state index contributed by atoms with van der Waals surface area (Å²) in [5, 5.41) is 0. The third kappa shape index (κ3) is 4.68. The third-order valence-corrected chi connectivity index (χ3v) is 3.87. The molecule has 0 atom stereocenters. The van der Waals surface area contributed by atoms with E-state index in [1.54, 1.807) is 12.3 Å². The molecule has 116 valence electrons. The minimum atomic E-state index is -0.434. The van der Waals surface area contributed by atoms with Crippen LogP contribution in [0.4, 0.5) is 5.82 Å². The Bertz CT molecular complexity index is 448. The molecule has 21 heavy (non-hydrogen) atoms. The van der Waals surface area contributed by atoms with Crippen LogP contribution in [-0.4, -0.2) is 55.1 Å². The van der Waals surface area contributed by atoms with Crippen LogP contribution in [-0.2, 0) is 0 Å². The van der Waals surface area contributed by atoms with Gasteiger partial charge < -0.3 is 21.3 Å². The minimum absolute atomic E-state index is 0.434. The molecule has 0 unspecified atom stereocenters. The molecule has 6 heteroatoms. The maximum Gasteiger partial charge on any atom is 0.250 e. The van der Waals surface area contributed by atoms with Crippen molar-refractivity contribution in [2.45, 2.75) is 19.3 Å². The summed E-state index contributed by atoms with van der Waals surface area (Å²) >= 11 is 0. The standard InChI is InChI=1S/C15H25N5O/c16-6-1-2-7-19-8-3-9-20(11-10-19)14-5-4-13(12-18-14)15(17)21/h4-5,12H,1-3,6-11,16H2,(H2,17,21). The molecule has 1 aliphatic rings. The van der Waals surface area contributed by atoms with Crippen molar-refractivity contribution in [3.8, 4) is 0 Å². The largest absolute Gasteiger partial charge is 0.366 e. The average Bonchev–Trinajstić information content (AvgIpc) is 2.73. The molecule has 0 radical (unpaired) electrons. The van der Waals surface area contributed by atoms with Crippen LogP contribution in [0.5, 0.6) is 0 Å². The second-order valence-electron chi connectivity index (χ2n) is 5.45. The normalized spacial score (nSPS) is 16.7. The van der Waals surface area contributed by atoms with Gasteiger partial charge in [-0.2, -0.15) is 0 Å². The number of hydrogen-bond acceptors (Lipinski definition) is 5. The highest BCUT2D eigenvalue weighted by molar-refractivity contribution is 5.92. The predicted octanol–water partition coefficient (Wildman–Crippen LogP) is 0.432. The van der Waals surface area contributed by atoms with Crippen LogP contribution in [0.1, 0.15) is 29.6 Å². The van der Waals surface area contributed by atoms with Gasteiger partial charge in [-0.05, 0) is 51.0 Å². The molecule has 1 aromatic heterocycles. The number of anilines is 1. The van der Waals surface area contributed by atoms with Gasteiger partial charge in [0.1, 0.15) is 5.82 Å². The molecule has 2 rings (SSSR count). The van der Waals surface area contributed by atoms with E-state index in [-0.39, 0.29) is 0 Å². The molecule has 2 heterocycles. The first-order valence-corrected chi connectivity index (χ1v) is 7.64. The van der Waals surface area contributed by atoms with Crippen LogP contribution in [0.3, 0.4) is 0 Å². The number of rotatable bonds is 6. The fourth-order valence-corrected chi connectivity index (χ4v) is 2.62. The van der Waals surface area contributed by atoms with E-state index in [0.29, 0.717) is 5.56 Å². The van der Waals surface area contributed by atoms with E-state index in [0.717, 1.165) is 57.9 Å². The number of hydrogen-bond donors (Lipinski definition) is 2. The molecule has 4 N–H and O–H groups in total. The van der Waals surface area contributed by atoms with Crippen LogP contribution in [0.15, 0.2) is 18.3 Å². The lowest BCUT2D eigenvalue weighted by Crippen LogP contribution is -2.32. The van der Waals surface area contributed by atoms with Gasteiger partial charge in [0.2, 0.25) is 5.91 Å². The second-order valence-corrected chi connectivity index (χ2v) is 5.45. The summed E-state index contributed by atoms with van der Waals surface area (Å²) in [4.78, 5) is 20.2. The molecule has 0 aliphatic carbocycles. The van der Waals surface area contributed by atoms with Gasteiger partial charge >= 0.3 is 0 Å². The van der Waals surface area contributed by atoms with E-state index >= 15 is 0 Å². The third-order valence-electron chi connectivity index (χ3n) is 3.87. The number of unbranched alkanes of at least 4 members (excludes halogenated alkanes) is 1. The highest BCUT2D eigenvalue weighted by Crippen LogP contribution is 2.14. The number of aromatic nitrogens is 1. The highest BCUT2D eigenvalue weighted by atomic mass is 16.1. The van der Waals surface area contributed by atoms with Crippen LogP contribution in [0.25, 0.3) is 0 Å². The average molecular weight is 291 g/mol. The summed E-state index contributed by atoms with van der Waals surface area (Å²) in [6.45, 7) is 6.03. The van der Waals surface area contributed by atoms with Gasteiger partial charge in [0.05, 0.1) is 5.56 Å². The van der Waals surface area contributed by atoms with Crippen molar-refractivity contribution in [1.82, 2.24) is 9.88 Å². The summed E-state index contributed by atoms with van der Waals surface area (Å²) < 4.78 is 0. The van der Waals surface area contributed by atoms with E-state index in [1.165, 1.54) is 6.42 Å². The van der Waals surface area contributed by atoms with Crippen molar-refractivity contribution >= 4 is 11.7 Å². The van der Waals surface area contributed by atoms with Crippen molar-refractivity contribution in [3.63, 3.8) is 0 Å². The first-order valence-electron chi connectivity index (χ1n) is 7.64. The summed E-state index contributed by atoms with van der Waals surface area (Å²) in [5.74, 6) is 0.486. The van der Waals surface area contributed by atoms with Gasteiger partial charge in [0.15, 0.2) is 0 Å². The van der Waals surface area contributed by atoms with E-state index < -0.39 is 5.91 Å². The Labute approximate surface area is 126 Å². The molecule has 0 spiro atoms. The maximum absolute atomic E-state index is 11.1. The molecular weight excluding hydrogens is 266 g/mol. The lowest BCUT2D eigenvalue weighted by Gasteiger charge is -2.22. The fourth-order valence-electron chi connectivity index (χ4n) is 2.62. The quantitative estimate of drug-likeness (QED) is 0.742. The molecule has 6 nitrogen and oxygen atoms in total. The van der Waals surface area contributed by atoms with Crippen molar-refractivity contribution in [1.29, 1.82) is 0 Å². The zero-order chi connectivity index (χ0) is 15.1. The first-order chi connectivity index (χ1) is 10.2. The molecule has 1 aromatic rings.